The normalized spacial score (nSPS) is 20.7. The minimum atomic E-state index is 0.0891. The predicted molar refractivity (Wildman–Crippen MR) is 118 cm³/mol. The van der Waals surface area contributed by atoms with Gasteiger partial charge in [0, 0.05) is 57.5 Å². The summed E-state index contributed by atoms with van der Waals surface area (Å²) in [5.74, 6) is 0.332. The molecule has 7 nitrogen and oxygen atoms in total. The number of nitrogens with zero attached hydrogens (tertiary/aromatic N) is 3. The maximum atomic E-state index is 13.4. The molecule has 0 aromatic heterocycles. The van der Waals surface area contributed by atoms with Gasteiger partial charge in [-0.2, -0.15) is 0 Å². The molecule has 7 heteroatoms. The lowest BCUT2D eigenvalue weighted by molar-refractivity contribution is -0.117. The summed E-state index contributed by atoms with van der Waals surface area (Å²) in [4.78, 5) is 32.3. The van der Waals surface area contributed by atoms with E-state index in [2.05, 4.69) is 22.0 Å². The highest BCUT2D eigenvalue weighted by Crippen LogP contribution is 2.32. The molecule has 1 N–H and O–H groups in total. The van der Waals surface area contributed by atoms with Gasteiger partial charge < -0.3 is 19.9 Å². The van der Waals surface area contributed by atoms with Gasteiger partial charge in [-0.1, -0.05) is 6.92 Å². The van der Waals surface area contributed by atoms with Crippen molar-refractivity contribution in [2.24, 2.45) is 5.92 Å². The Balaban J connectivity index is 1.54. The van der Waals surface area contributed by atoms with E-state index in [1.54, 1.807) is 0 Å². The molecule has 164 valence electrons. The van der Waals surface area contributed by atoms with Gasteiger partial charge in [-0.15, -0.1) is 0 Å². The number of amides is 2. The second-order valence-electron chi connectivity index (χ2n) is 8.58. The number of piperazine rings is 1. The zero-order valence-electron chi connectivity index (χ0n) is 18.1. The number of carbonyl (C=O) groups is 2. The Morgan fingerprint density at radius 3 is 2.60 bits per heavy atom. The molecule has 2 saturated heterocycles. The van der Waals surface area contributed by atoms with E-state index in [0.29, 0.717) is 6.61 Å². The summed E-state index contributed by atoms with van der Waals surface area (Å²) in [6.45, 7) is 9.69. The van der Waals surface area contributed by atoms with Gasteiger partial charge in [-0.25, -0.2) is 0 Å². The first-order chi connectivity index (χ1) is 14.7. The van der Waals surface area contributed by atoms with Crippen LogP contribution in [0, 0.1) is 5.92 Å². The zero-order valence-corrected chi connectivity index (χ0v) is 18.1. The van der Waals surface area contributed by atoms with Gasteiger partial charge in [0.25, 0.3) is 5.91 Å². The molecule has 0 radical (unpaired) electrons. The quantitative estimate of drug-likeness (QED) is 0.775. The molecule has 1 aromatic rings. The predicted octanol–water partition coefficient (Wildman–Crippen LogP) is 2.43. The molecule has 0 atom stereocenters. The third-order valence-electron chi connectivity index (χ3n) is 6.21. The average Bonchev–Trinajstić information content (AvgIpc) is 3.61. The van der Waals surface area contributed by atoms with Crippen LogP contribution >= 0.6 is 0 Å². The van der Waals surface area contributed by atoms with Crippen molar-refractivity contribution in [3.8, 4) is 0 Å². The summed E-state index contributed by atoms with van der Waals surface area (Å²) in [5, 5.41) is 3.04. The number of hydrogen-bond acceptors (Lipinski definition) is 5. The van der Waals surface area contributed by atoms with E-state index in [9.17, 15) is 9.59 Å². The maximum Gasteiger partial charge on any atom is 0.256 e. The first-order valence-electron chi connectivity index (χ1n) is 11.4. The summed E-state index contributed by atoms with van der Waals surface area (Å²) in [7, 11) is 0. The van der Waals surface area contributed by atoms with Crippen molar-refractivity contribution >= 4 is 23.2 Å². The molecular formula is C23H34N4O3. The first kappa shape index (κ1) is 21.1. The molecule has 30 heavy (non-hydrogen) atoms. The fourth-order valence-corrected chi connectivity index (χ4v) is 4.29. The van der Waals surface area contributed by atoms with E-state index in [0.717, 1.165) is 95.0 Å². The second kappa shape index (κ2) is 9.79. The van der Waals surface area contributed by atoms with Crippen LogP contribution in [0.3, 0.4) is 0 Å². The van der Waals surface area contributed by atoms with Crippen LogP contribution in [-0.2, 0) is 9.53 Å². The Morgan fingerprint density at radius 1 is 1.07 bits per heavy atom. The molecular weight excluding hydrogens is 380 g/mol. The molecule has 1 saturated carbocycles. The Morgan fingerprint density at radius 2 is 1.87 bits per heavy atom. The fourth-order valence-electron chi connectivity index (χ4n) is 4.29. The molecule has 3 aliphatic rings. The smallest absolute Gasteiger partial charge is 0.256 e. The molecule has 4 rings (SSSR count). The minimum absolute atomic E-state index is 0.0891. The van der Waals surface area contributed by atoms with Gasteiger partial charge in [-0.05, 0) is 50.4 Å². The van der Waals surface area contributed by atoms with E-state index < -0.39 is 0 Å². The molecule has 1 aliphatic carbocycles. The van der Waals surface area contributed by atoms with Crippen LogP contribution in [0.25, 0.3) is 0 Å². The van der Waals surface area contributed by atoms with Crippen molar-refractivity contribution in [1.82, 2.24) is 9.80 Å². The molecule has 0 bridgehead atoms. The lowest BCUT2D eigenvalue weighted by Gasteiger charge is -2.35. The zero-order chi connectivity index (χ0) is 20.9. The SMILES string of the molecule is CCCN1CCN(C(=O)c2ccc(NC(=O)C3CC3)cc2N2CCCOCC2)CC1. The number of benzene rings is 1. The van der Waals surface area contributed by atoms with Crippen LogP contribution in [0.15, 0.2) is 18.2 Å². The molecule has 2 amide bonds. The van der Waals surface area contributed by atoms with Crippen LogP contribution < -0.4 is 10.2 Å². The van der Waals surface area contributed by atoms with E-state index in [1.165, 1.54) is 0 Å². The Labute approximate surface area is 179 Å². The second-order valence-corrected chi connectivity index (χ2v) is 8.58. The summed E-state index contributed by atoms with van der Waals surface area (Å²) >= 11 is 0. The van der Waals surface area contributed by atoms with Crippen LogP contribution in [0.4, 0.5) is 11.4 Å². The monoisotopic (exact) mass is 414 g/mol. The summed E-state index contributed by atoms with van der Waals surface area (Å²) < 4.78 is 5.62. The van der Waals surface area contributed by atoms with Crippen molar-refractivity contribution in [2.75, 3.05) is 69.2 Å². The van der Waals surface area contributed by atoms with E-state index in [4.69, 9.17) is 4.74 Å². The lowest BCUT2D eigenvalue weighted by Crippen LogP contribution is -2.49. The number of ether oxygens (including phenoxy) is 1. The highest BCUT2D eigenvalue weighted by Gasteiger charge is 2.30. The van der Waals surface area contributed by atoms with Gasteiger partial charge >= 0.3 is 0 Å². The van der Waals surface area contributed by atoms with Crippen molar-refractivity contribution < 1.29 is 14.3 Å². The number of hydrogen-bond donors (Lipinski definition) is 1. The Bertz CT molecular complexity index is 749. The third-order valence-corrected chi connectivity index (χ3v) is 6.21. The highest BCUT2D eigenvalue weighted by molar-refractivity contribution is 6.02. The van der Waals surface area contributed by atoms with Gasteiger partial charge in [0.15, 0.2) is 0 Å². The minimum Gasteiger partial charge on any atom is -0.380 e. The topological polar surface area (TPSA) is 65.1 Å². The van der Waals surface area contributed by atoms with Crippen molar-refractivity contribution in [3.63, 3.8) is 0 Å². The molecule has 3 fully saturated rings. The fraction of sp³-hybridized carbons (Fsp3) is 0.652. The number of anilines is 2. The number of carbonyl (C=O) groups excluding carboxylic acids is 2. The molecule has 0 unspecified atom stereocenters. The molecule has 2 heterocycles. The van der Waals surface area contributed by atoms with Gasteiger partial charge in [0.05, 0.1) is 17.9 Å². The van der Waals surface area contributed by atoms with Crippen LogP contribution in [0.5, 0.6) is 0 Å². The van der Waals surface area contributed by atoms with Crippen LogP contribution in [0.2, 0.25) is 0 Å². The number of nitrogens with one attached hydrogen (secondary N) is 1. The molecule has 0 spiro atoms. The molecule has 2 aliphatic heterocycles. The van der Waals surface area contributed by atoms with Gasteiger partial charge in [0.2, 0.25) is 5.91 Å². The first-order valence-corrected chi connectivity index (χ1v) is 11.4. The van der Waals surface area contributed by atoms with Crippen molar-refractivity contribution in [3.05, 3.63) is 23.8 Å². The summed E-state index contributed by atoms with van der Waals surface area (Å²) in [6.07, 6.45) is 4.02. The van der Waals surface area contributed by atoms with E-state index in [1.807, 2.05) is 23.1 Å². The summed E-state index contributed by atoms with van der Waals surface area (Å²) in [6, 6.07) is 5.75. The summed E-state index contributed by atoms with van der Waals surface area (Å²) in [5.41, 5.74) is 2.41. The van der Waals surface area contributed by atoms with Gasteiger partial charge in [0.1, 0.15) is 0 Å². The van der Waals surface area contributed by atoms with Crippen LogP contribution in [-0.4, -0.2) is 80.6 Å². The van der Waals surface area contributed by atoms with Crippen LogP contribution in [0.1, 0.15) is 43.0 Å². The van der Waals surface area contributed by atoms with E-state index in [-0.39, 0.29) is 17.7 Å². The Hall–Kier alpha value is -2.12. The average molecular weight is 415 g/mol. The molecule has 1 aromatic carbocycles. The largest absolute Gasteiger partial charge is 0.380 e. The lowest BCUT2D eigenvalue weighted by atomic mass is 10.1. The highest BCUT2D eigenvalue weighted by atomic mass is 16.5. The van der Waals surface area contributed by atoms with E-state index >= 15 is 0 Å². The van der Waals surface area contributed by atoms with Crippen molar-refractivity contribution in [2.45, 2.75) is 32.6 Å². The maximum absolute atomic E-state index is 13.4. The standard InChI is InChI=1S/C23H34N4O3/c1-2-8-25-10-12-27(13-11-25)23(29)20-7-6-19(24-22(28)18-4-5-18)17-21(20)26-9-3-15-30-16-14-26/h6-7,17-18H,2-5,8-16H2,1H3,(H,24,28). The number of rotatable bonds is 6. The van der Waals surface area contributed by atoms with Crippen molar-refractivity contribution in [1.29, 1.82) is 0 Å². The van der Waals surface area contributed by atoms with Gasteiger partial charge in [-0.3, -0.25) is 14.5 Å². The third kappa shape index (κ3) is 5.13. The Kier molecular flexibility index (Phi) is 6.89.